The molecule has 0 radical (unpaired) electrons. The van der Waals surface area contributed by atoms with Crippen LogP contribution >= 0.6 is 0 Å². The fraction of sp³-hybridized carbons (Fsp3) is 0.276. The van der Waals surface area contributed by atoms with E-state index < -0.39 is 0 Å². The Morgan fingerprint density at radius 2 is 1.92 bits per heavy atom. The molecule has 3 heterocycles. The Bertz CT molecular complexity index is 1550. The third-order valence-electron chi connectivity index (χ3n) is 7.08. The van der Waals surface area contributed by atoms with Crippen LogP contribution in [0.4, 0.5) is 5.82 Å². The maximum atomic E-state index is 9.55. The van der Waals surface area contributed by atoms with E-state index in [0.29, 0.717) is 30.7 Å². The molecule has 0 saturated heterocycles. The van der Waals surface area contributed by atoms with Crippen LogP contribution in [0.25, 0.3) is 39.4 Å². The largest absolute Gasteiger partial charge is 0.492 e. The molecule has 1 fully saturated rings. The zero-order valence-electron chi connectivity index (χ0n) is 21.3. The first-order valence-corrected chi connectivity index (χ1v) is 12.9. The molecule has 9 nitrogen and oxygen atoms in total. The van der Waals surface area contributed by atoms with Crippen molar-refractivity contribution in [3.63, 3.8) is 0 Å². The minimum atomic E-state index is 0.211. The van der Waals surface area contributed by atoms with Crippen LogP contribution in [0.15, 0.2) is 73.2 Å². The maximum absolute atomic E-state index is 9.55. The molecular weight excluding hydrogens is 478 g/mol. The lowest BCUT2D eigenvalue weighted by molar-refractivity contribution is 0.151. The van der Waals surface area contributed by atoms with E-state index in [1.165, 1.54) is 0 Å². The number of hydrogen-bond donors (Lipinski definition) is 3. The molecule has 0 aliphatic heterocycles. The van der Waals surface area contributed by atoms with Gasteiger partial charge in [0.25, 0.3) is 0 Å². The second-order valence-electron chi connectivity index (χ2n) is 9.75. The number of imidazole rings is 1. The fourth-order valence-corrected chi connectivity index (χ4v) is 5.10. The molecule has 0 bridgehead atoms. The second kappa shape index (κ2) is 10.3. The molecule has 3 aromatic heterocycles. The number of aliphatic hydroxyl groups is 1. The molecule has 1 saturated carbocycles. The first-order chi connectivity index (χ1) is 18.6. The number of aryl methyl sites for hydroxylation is 1. The van der Waals surface area contributed by atoms with Crippen LogP contribution in [0.3, 0.4) is 0 Å². The number of rotatable bonds is 9. The zero-order chi connectivity index (χ0) is 26.1. The van der Waals surface area contributed by atoms with Gasteiger partial charge in [-0.3, -0.25) is 0 Å². The lowest BCUT2D eigenvalue weighted by Gasteiger charge is -2.35. The number of nitrogens with zero attached hydrogens (tertiary/aromatic N) is 5. The molecule has 0 atom stereocenters. The van der Waals surface area contributed by atoms with Crippen molar-refractivity contribution in [2.75, 3.05) is 25.1 Å². The lowest BCUT2D eigenvalue weighted by Crippen LogP contribution is -2.37. The quantitative estimate of drug-likeness (QED) is 0.275. The Hall–Kier alpha value is -4.21. The Kier molecular flexibility index (Phi) is 6.53. The van der Waals surface area contributed by atoms with Crippen molar-refractivity contribution in [2.45, 2.75) is 18.9 Å². The van der Waals surface area contributed by atoms with Gasteiger partial charge in [-0.2, -0.15) is 0 Å². The predicted octanol–water partition coefficient (Wildman–Crippen LogP) is 3.98. The van der Waals surface area contributed by atoms with Crippen molar-refractivity contribution in [2.24, 2.45) is 18.7 Å². The summed E-state index contributed by atoms with van der Waals surface area (Å²) in [5, 5.41) is 18.1. The summed E-state index contributed by atoms with van der Waals surface area (Å²) in [6.07, 6.45) is 7.49. The summed E-state index contributed by atoms with van der Waals surface area (Å²) in [7, 11) is 1.93. The molecule has 1 aliphatic carbocycles. The van der Waals surface area contributed by atoms with E-state index in [9.17, 15) is 5.11 Å². The molecule has 9 heteroatoms. The van der Waals surface area contributed by atoms with E-state index in [1.54, 1.807) is 6.20 Å². The number of nitrogens with two attached hydrogens (primary N) is 1. The highest BCUT2D eigenvalue weighted by Crippen LogP contribution is 2.41. The predicted molar refractivity (Wildman–Crippen MR) is 148 cm³/mol. The minimum Gasteiger partial charge on any atom is -0.492 e. The highest BCUT2D eigenvalue weighted by atomic mass is 16.5. The number of ether oxygens (including phenoxy) is 1. The summed E-state index contributed by atoms with van der Waals surface area (Å²) < 4.78 is 9.66. The summed E-state index contributed by atoms with van der Waals surface area (Å²) >= 11 is 0. The molecular formula is C29H31N7O2. The van der Waals surface area contributed by atoms with Crippen LogP contribution in [0.1, 0.15) is 12.8 Å². The lowest BCUT2D eigenvalue weighted by atomic mass is 9.81. The molecule has 5 aromatic rings. The summed E-state index contributed by atoms with van der Waals surface area (Å²) in [6.45, 7) is 1.12. The Balaban J connectivity index is 1.57. The molecule has 0 unspecified atom stereocenters. The first kappa shape index (κ1) is 24.1. The van der Waals surface area contributed by atoms with E-state index in [2.05, 4.69) is 34.7 Å². The summed E-state index contributed by atoms with van der Waals surface area (Å²) in [5.74, 6) is 3.06. The van der Waals surface area contributed by atoms with Crippen LogP contribution in [0.2, 0.25) is 0 Å². The van der Waals surface area contributed by atoms with Gasteiger partial charge in [-0.1, -0.05) is 42.5 Å². The Labute approximate surface area is 220 Å². The van der Waals surface area contributed by atoms with Crippen molar-refractivity contribution < 1.29 is 9.84 Å². The van der Waals surface area contributed by atoms with Crippen molar-refractivity contribution in [1.82, 2.24) is 24.1 Å². The normalized spacial score (nSPS) is 16.9. The van der Waals surface area contributed by atoms with Crippen LogP contribution in [0.5, 0.6) is 5.75 Å². The van der Waals surface area contributed by atoms with Gasteiger partial charge >= 0.3 is 0 Å². The molecule has 194 valence electrons. The van der Waals surface area contributed by atoms with Crippen molar-refractivity contribution in [3.05, 3.63) is 73.2 Å². The number of nitrogens with one attached hydrogen (secondary N) is 1. The highest BCUT2D eigenvalue weighted by molar-refractivity contribution is 5.99. The van der Waals surface area contributed by atoms with E-state index in [1.807, 2.05) is 58.7 Å². The van der Waals surface area contributed by atoms with Gasteiger partial charge in [0.2, 0.25) is 5.82 Å². The van der Waals surface area contributed by atoms with Gasteiger partial charge < -0.3 is 25.5 Å². The van der Waals surface area contributed by atoms with Crippen molar-refractivity contribution in [1.29, 1.82) is 0 Å². The van der Waals surface area contributed by atoms with Gasteiger partial charge in [0, 0.05) is 56.0 Å². The van der Waals surface area contributed by atoms with Crippen LogP contribution < -0.4 is 15.8 Å². The molecule has 2 aromatic carbocycles. The topological polar surface area (TPSA) is 116 Å². The third kappa shape index (κ3) is 4.51. The van der Waals surface area contributed by atoms with Crippen LogP contribution in [-0.4, -0.2) is 55.1 Å². The van der Waals surface area contributed by atoms with Gasteiger partial charge in [-0.25, -0.2) is 14.5 Å². The van der Waals surface area contributed by atoms with Crippen LogP contribution in [-0.2, 0) is 7.05 Å². The Morgan fingerprint density at radius 3 is 2.66 bits per heavy atom. The summed E-state index contributed by atoms with van der Waals surface area (Å²) in [6, 6.07) is 18.6. The van der Waals surface area contributed by atoms with E-state index in [4.69, 9.17) is 20.6 Å². The van der Waals surface area contributed by atoms with Crippen molar-refractivity contribution >= 4 is 11.3 Å². The molecule has 38 heavy (non-hydrogen) atoms. The van der Waals surface area contributed by atoms with Crippen molar-refractivity contribution in [3.8, 4) is 39.7 Å². The van der Waals surface area contributed by atoms with Gasteiger partial charge in [0.05, 0.1) is 0 Å². The molecule has 0 amide bonds. The highest BCUT2D eigenvalue weighted by Gasteiger charge is 2.30. The average molecular weight is 510 g/mol. The van der Waals surface area contributed by atoms with Gasteiger partial charge in [-0.15, -0.1) is 5.10 Å². The zero-order valence-corrected chi connectivity index (χ0v) is 21.3. The fourth-order valence-electron chi connectivity index (χ4n) is 5.10. The number of aromatic nitrogens is 5. The van der Waals surface area contributed by atoms with Gasteiger partial charge in [0.1, 0.15) is 17.9 Å². The van der Waals surface area contributed by atoms with E-state index in [0.717, 1.165) is 52.2 Å². The second-order valence-corrected chi connectivity index (χ2v) is 9.75. The molecule has 0 spiro atoms. The summed E-state index contributed by atoms with van der Waals surface area (Å²) in [5.41, 5.74) is 10.7. The number of benzene rings is 2. The summed E-state index contributed by atoms with van der Waals surface area (Å²) in [4.78, 5) is 9.50. The monoisotopic (exact) mass is 509 g/mol. The van der Waals surface area contributed by atoms with E-state index >= 15 is 0 Å². The average Bonchev–Trinajstić information content (AvgIpc) is 3.53. The number of aliphatic hydroxyl groups excluding tert-OH is 1. The number of hydrogen-bond acceptors (Lipinski definition) is 7. The minimum absolute atomic E-state index is 0.211. The van der Waals surface area contributed by atoms with E-state index in [-0.39, 0.29) is 12.6 Å². The SMILES string of the molecule is Cn1ccnc1-c1nc(NC2CC(CO)C2)c2c(-c3ccccc3)c(-c3cccc(OCCN)c3)cn2n1. The Morgan fingerprint density at radius 1 is 1.11 bits per heavy atom. The standard InChI is InChI=1S/C29H31N7O2/c1-35-12-11-31-29(35)28-33-27(32-22-14-19(15-22)18-37)26-25(20-6-3-2-4-7-20)24(17-36(26)34-28)21-8-5-9-23(16-21)38-13-10-30/h2-9,11-12,16-17,19,22,37H,10,13-15,18,30H2,1H3,(H,32,33,34). The van der Waals surface area contributed by atoms with Gasteiger partial charge in [-0.05, 0) is 42.0 Å². The smallest absolute Gasteiger partial charge is 0.218 e. The van der Waals surface area contributed by atoms with Crippen LogP contribution in [0, 0.1) is 5.92 Å². The van der Waals surface area contributed by atoms with Gasteiger partial charge in [0.15, 0.2) is 11.6 Å². The number of anilines is 1. The molecule has 1 aliphatic rings. The maximum Gasteiger partial charge on any atom is 0.218 e. The first-order valence-electron chi connectivity index (χ1n) is 12.9. The third-order valence-corrected chi connectivity index (χ3v) is 7.08. The number of fused-ring (bicyclic) bond motifs is 1. The molecule has 6 rings (SSSR count). The molecule has 4 N–H and O–H groups in total.